The highest BCUT2D eigenvalue weighted by molar-refractivity contribution is 5.88. The molecule has 1 atom stereocenters. The van der Waals surface area contributed by atoms with E-state index < -0.39 is 12.7 Å². The maximum absolute atomic E-state index is 12.0. The Bertz CT molecular complexity index is 563. The molecule has 2 aromatic rings. The number of hydrogen-bond donors (Lipinski definition) is 1. The Morgan fingerprint density at radius 3 is 2.55 bits per heavy atom. The van der Waals surface area contributed by atoms with Crippen molar-refractivity contribution < 1.29 is 17.9 Å². The largest absolute Gasteiger partial charge is 0.489 e. The molecule has 2 aromatic carbocycles. The second kappa shape index (κ2) is 6.13. The quantitative estimate of drug-likeness (QED) is 0.902. The Hall–Kier alpha value is -1.75. The van der Waals surface area contributed by atoms with Gasteiger partial charge in [0.1, 0.15) is 11.9 Å². The van der Waals surface area contributed by atoms with Crippen LogP contribution in [0.4, 0.5) is 13.2 Å². The minimum atomic E-state index is -4.20. The van der Waals surface area contributed by atoms with Crippen LogP contribution < -0.4 is 10.1 Å². The van der Waals surface area contributed by atoms with Gasteiger partial charge in [-0.3, -0.25) is 0 Å². The van der Waals surface area contributed by atoms with Gasteiger partial charge in [-0.05, 0) is 18.4 Å². The lowest BCUT2D eigenvalue weighted by atomic mass is 10.1. The summed E-state index contributed by atoms with van der Waals surface area (Å²) in [5.41, 5.74) is 0. The highest BCUT2D eigenvalue weighted by atomic mass is 19.4. The van der Waals surface area contributed by atoms with Gasteiger partial charge in [0.25, 0.3) is 0 Å². The van der Waals surface area contributed by atoms with Gasteiger partial charge in [-0.2, -0.15) is 13.2 Å². The van der Waals surface area contributed by atoms with Gasteiger partial charge in [0, 0.05) is 11.9 Å². The average Bonchev–Trinajstić information content (AvgIpc) is 2.37. The van der Waals surface area contributed by atoms with Crippen molar-refractivity contribution in [1.29, 1.82) is 0 Å². The van der Waals surface area contributed by atoms with Gasteiger partial charge >= 0.3 is 6.18 Å². The normalized spacial score (nSPS) is 13.4. The first-order valence-electron chi connectivity index (χ1n) is 6.37. The van der Waals surface area contributed by atoms with Gasteiger partial charge in [0.05, 0.1) is 6.54 Å². The number of ether oxygens (including phenoxy) is 1. The lowest BCUT2D eigenvalue weighted by Gasteiger charge is -2.17. The van der Waals surface area contributed by atoms with Crippen LogP contribution in [0.2, 0.25) is 0 Å². The number of hydrogen-bond acceptors (Lipinski definition) is 2. The second-order valence-corrected chi connectivity index (χ2v) is 4.65. The molecule has 2 nitrogen and oxygen atoms in total. The number of alkyl halides is 3. The van der Waals surface area contributed by atoms with E-state index in [0.29, 0.717) is 5.75 Å². The first-order chi connectivity index (χ1) is 9.46. The fourth-order valence-electron chi connectivity index (χ4n) is 1.97. The van der Waals surface area contributed by atoms with Crippen LogP contribution in [0.25, 0.3) is 10.8 Å². The summed E-state index contributed by atoms with van der Waals surface area (Å²) < 4.78 is 41.8. The molecule has 108 valence electrons. The Morgan fingerprint density at radius 1 is 1.10 bits per heavy atom. The van der Waals surface area contributed by atoms with Gasteiger partial charge in [-0.15, -0.1) is 0 Å². The predicted molar refractivity (Wildman–Crippen MR) is 73.0 cm³/mol. The molecule has 0 fully saturated rings. The maximum Gasteiger partial charge on any atom is 0.401 e. The fourth-order valence-corrected chi connectivity index (χ4v) is 1.97. The van der Waals surface area contributed by atoms with Crippen LogP contribution in [0.1, 0.15) is 6.92 Å². The van der Waals surface area contributed by atoms with Gasteiger partial charge in [0.15, 0.2) is 0 Å². The number of rotatable bonds is 5. The van der Waals surface area contributed by atoms with Crippen LogP contribution in [0.15, 0.2) is 42.5 Å². The Morgan fingerprint density at radius 2 is 1.80 bits per heavy atom. The van der Waals surface area contributed by atoms with Gasteiger partial charge in [-0.25, -0.2) is 0 Å². The van der Waals surface area contributed by atoms with Crippen molar-refractivity contribution in [3.63, 3.8) is 0 Å². The van der Waals surface area contributed by atoms with Crippen LogP contribution in [0.5, 0.6) is 5.75 Å². The third-order valence-corrected chi connectivity index (χ3v) is 2.84. The number of benzene rings is 2. The van der Waals surface area contributed by atoms with Crippen LogP contribution in [-0.4, -0.2) is 25.4 Å². The summed E-state index contributed by atoms with van der Waals surface area (Å²) in [5, 5.41) is 4.34. The van der Waals surface area contributed by atoms with Crippen molar-refractivity contribution in [2.75, 3.05) is 13.1 Å². The molecule has 0 radical (unpaired) electrons. The van der Waals surface area contributed by atoms with Crippen molar-refractivity contribution in [2.45, 2.75) is 19.2 Å². The molecule has 0 aliphatic heterocycles. The van der Waals surface area contributed by atoms with E-state index in [-0.39, 0.29) is 12.6 Å². The third-order valence-electron chi connectivity index (χ3n) is 2.84. The summed E-state index contributed by atoms with van der Waals surface area (Å²) in [6.07, 6.45) is -4.54. The van der Waals surface area contributed by atoms with Gasteiger partial charge in [0.2, 0.25) is 0 Å². The molecule has 0 saturated heterocycles. The lowest BCUT2D eigenvalue weighted by molar-refractivity contribution is -0.125. The van der Waals surface area contributed by atoms with Crippen LogP contribution in [-0.2, 0) is 0 Å². The molecule has 0 aromatic heterocycles. The molecule has 0 aliphatic rings. The first kappa shape index (κ1) is 14.7. The van der Waals surface area contributed by atoms with Gasteiger partial charge in [-0.1, -0.05) is 36.4 Å². The van der Waals surface area contributed by atoms with E-state index in [0.717, 1.165) is 10.8 Å². The Kier molecular flexibility index (Phi) is 4.49. The lowest BCUT2D eigenvalue weighted by Crippen LogP contribution is -2.35. The number of fused-ring (bicyclic) bond motifs is 1. The summed E-state index contributed by atoms with van der Waals surface area (Å²) >= 11 is 0. The standard InChI is InChI=1S/C15H16F3NO/c1-11(9-19-10-15(16,17)18)20-14-8-4-6-12-5-2-3-7-13(12)14/h2-8,11,19H,9-10H2,1H3. The molecular formula is C15H16F3NO. The van der Waals surface area contributed by atoms with Crippen LogP contribution in [0, 0.1) is 0 Å². The summed E-state index contributed by atoms with van der Waals surface area (Å²) in [7, 11) is 0. The van der Waals surface area contributed by atoms with Crippen molar-refractivity contribution in [3.8, 4) is 5.75 Å². The Balaban J connectivity index is 1.98. The van der Waals surface area contributed by atoms with Crippen LogP contribution >= 0.6 is 0 Å². The van der Waals surface area contributed by atoms with E-state index in [1.807, 2.05) is 42.5 Å². The minimum absolute atomic E-state index is 0.142. The van der Waals surface area contributed by atoms with E-state index in [2.05, 4.69) is 5.32 Å². The zero-order valence-corrected chi connectivity index (χ0v) is 11.1. The minimum Gasteiger partial charge on any atom is -0.489 e. The smallest absolute Gasteiger partial charge is 0.401 e. The third kappa shape index (κ3) is 4.13. The molecule has 0 saturated carbocycles. The average molecular weight is 283 g/mol. The van der Waals surface area contributed by atoms with Crippen molar-refractivity contribution in [3.05, 3.63) is 42.5 Å². The topological polar surface area (TPSA) is 21.3 Å². The number of halogens is 3. The number of nitrogens with one attached hydrogen (secondary N) is 1. The second-order valence-electron chi connectivity index (χ2n) is 4.65. The van der Waals surface area contributed by atoms with Crippen LogP contribution in [0.3, 0.4) is 0 Å². The fraction of sp³-hybridized carbons (Fsp3) is 0.333. The zero-order chi connectivity index (χ0) is 14.6. The highest BCUT2D eigenvalue weighted by Gasteiger charge is 2.26. The zero-order valence-electron chi connectivity index (χ0n) is 11.1. The van der Waals surface area contributed by atoms with E-state index in [4.69, 9.17) is 4.74 Å². The summed E-state index contributed by atoms with van der Waals surface area (Å²) in [6, 6.07) is 13.4. The van der Waals surface area contributed by atoms with Crippen molar-refractivity contribution in [2.24, 2.45) is 0 Å². The van der Waals surface area contributed by atoms with E-state index in [9.17, 15) is 13.2 Å². The monoisotopic (exact) mass is 283 g/mol. The maximum atomic E-state index is 12.0. The Labute approximate surface area is 115 Å². The van der Waals surface area contributed by atoms with Crippen molar-refractivity contribution >= 4 is 10.8 Å². The van der Waals surface area contributed by atoms with Gasteiger partial charge < -0.3 is 10.1 Å². The molecule has 0 bridgehead atoms. The molecule has 0 spiro atoms. The molecule has 2 rings (SSSR count). The first-order valence-corrected chi connectivity index (χ1v) is 6.37. The summed E-state index contributed by atoms with van der Waals surface area (Å²) in [6.45, 7) is 0.879. The summed E-state index contributed by atoms with van der Waals surface area (Å²) in [5.74, 6) is 0.685. The van der Waals surface area contributed by atoms with Crippen molar-refractivity contribution in [1.82, 2.24) is 5.32 Å². The molecular weight excluding hydrogens is 267 g/mol. The predicted octanol–water partition coefficient (Wildman–Crippen LogP) is 3.76. The molecule has 0 amide bonds. The molecule has 0 aliphatic carbocycles. The highest BCUT2D eigenvalue weighted by Crippen LogP contribution is 2.25. The molecule has 1 N–H and O–H groups in total. The van der Waals surface area contributed by atoms with E-state index in [1.165, 1.54) is 0 Å². The summed E-state index contributed by atoms with van der Waals surface area (Å²) in [4.78, 5) is 0. The van der Waals surface area contributed by atoms with E-state index >= 15 is 0 Å². The molecule has 5 heteroatoms. The molecule has 0 heterocycles. The molecule has 1 unspecified atom stereocenters. The van der Waals surface area contributed by atoms with E-state index in [1.54, 1.807) is 6.92 Å². The molecule has 20 heavy (non-hydrogen) atoms. The SMILES string of the molecule is CC(CNCC(F)(F)F)Oc1cccc2ccccc12.